The first kappa shape index (κ1) is 79.8. The maximum atomic E-state index is 5.82. The van der Waals surface area contributed by atoms with Crippen LogP contribution in [0, 0.1) is 0 Å². The zero-order chi connectivity index (χ0) is 2.71. The Hall–Kier alpha value is 13.9. The van der Waals surface area contributed by atoms with E-state index in [0.29, 0.717) is 0 Å². The molecule has 1 N–H and O–H groups in total. The Labute approximate surface area is 405 Å². The van der Waals surface area contributed by atoms with Crippen LogP contribution in [0.3, 0.4) is 0 Å². The first-order valence-electron chi connectivity index (χ1n) is 0.616. The van der Waals surface area contributed by atoms with Crippen molar-refractivity contribution in [1.29, 1.82) is 0 Å². The van der Waals surface area contributed by atoms with Crippen molar-refractivity contribution >= 4 is 22.9 Å². The number of nitrogens with one attached hydrogen (secondary N) is 1. The summed E-state index contributed by atoms with van der Waals surface area (Å²) >= 11 is 1.58. The summed E-state index contributed by atoms with van der Waals surface area (Å²) in [5.74, 6) is 0. The predicted molar refractivity (Wildman–Crippen MR) is 18.3 cm³/mol. The van der Waals surface area contributed by atoms with E-state index in [4.69, 9.17) is 1.41 Å². The second-order valence-electron chi connectivity index (χ2n) is 0. The van der Waals surface area contributed by atoms with Gasteiger partial charge in [-0.3, -0.25) is 0 Å². The van der Waals surface area contributed by atoms with Crippen LogP contribution in [-0.2, 0) is 393 Å². The van der Waals surface area contributed by atoms with Crippen LogP contribution in [0.5, 0.6) is 0 Å². The minimum Gasteiger partial charge on any atom is -0.616 e. The SMILES string of the molecule is [3H][N-]I.[Y].[Y].[Y].[Y].[Y].[Y].[Y].[Y].[Y].[Y].[Y].[Y]. The summed E-state index contributed by atoms with van der Waals surface area (Å²) in [6.45, 7) is 0. The van der Waals surface area contributed by atoms with Crippen LogP contribution >= 0.6 is 22.9 Å². The van der Waals surface area contributed by atoms with Crippen molar-refractivity contribution in [3.05, 3.63) is 3.94 Å². The molecule has 0 rings (SSSR count). The largest absolute Gasteiger partial charge is 0.616 e. The zero-order valence-corrected chi connectivity index (χ0v) is 44.0. The molecular formula is HINY12-. The fraction of sp³-hybridized carbons (Fsp3) is 0. The Balaban J connectivity index is -0.000000000303. The third kappa shape index (κ3) is 83.0. The summed E-state index contributed by atoms with van der Waals surface area (Å²) in [4.78, 5) is 0. The fourth-order valence-electron chi connectivity index (χ4n) is 0. The van der Waals surface area contributed by atoms with Crippen LogP contribution in [0.2, 0.25) is 1.41 Å². The molecule has 0 saturated heterocycles. The Morgan fingerprint density at radius 2 is 0.500 bits per heavy atom. The molecule has 0 fully saturated rings. The molecule has 50 valence electrons. The van der Waals surface area contributed by atoms with Gasteiger partial charge in [0.1, 0.15) is 0 Å². The molecule has 0 amide bonds. The molecule has 0 saturated carbocycles. The quantitative estimate of drug-likeness (QED) is 0.328. The average molecular weight is 1210 g/mol. The smallest absolute Gasteiger partial charge is 0 e. The van der Waals surface area contributed by atoms with E-state index in [1.807, 2.05) is 0 Å². The van der Waals surface area contributed by atoms with Crippen molar-refractivity contribution in [2.24, 2.45) is 0 Å². The Bertz CT molecular complexity index is 15.6. The number of hydrogen-bond donors (Lipinski definition) is 0. The summed E-state index contributed by atoms with van der Waals surface area (Å²) in [5.41, 5.74) is 0. The third-order valence-corrected chi connectivity index (χ3v) is 0. The van der Waals surface area contributed by atoms with Gasteiger partial charge in [-0.25, -0.2) is 22.9 Å². The third-order valence-electron chi connectivity index (χ3n) is 0. The Kier molecular flexibility index (Phi) is 532. The van der Waals surface area contributed by atoms with Gasteiger partial charge in [0.2, 0.25) is 0 Å². The molecule has 0 aliphatic rings. The van der Waals surface area contributed by atoms with Crippen molar-refractivity contribution < 1.29 is 394 Å². The van der Waals surface area contributed by atoms with E-state index in [2.05, 4.69) is 3.94 Å². The van der Waals surface area contributed by atoms with Gasteiger partial charge in [-0.05, 0) is 0 Å². The molecule has 0 bridgehead atoms. The van der Waals surface area contributed by atoms with Crippen LogP contribution in [0.15, 0.2) is 0 Å². The minimum absolute atomic E-state index is 0. The van der Waals surface area contributed by atoms with Crippen LogP contribution in [0.1, 0.15) is 0 Å². The molecule has 0 aromatic rings. The second kappa shape index (κ2) is 93.3. The summed E-state index contributed by atoms with van der Waals surface area (Å²) in [6, 6.07) is 0. The molecule has 0 atom stereocenters. The standard InChI is InChI=1S/HIN.12Y/c1-2;;;;;;;;;;;;/h2H;;;;;;;;;;;;/q-1;;;;;;;;;;;;/i/hT. The van der Waals surface area contributed by atoms with Gasteiger partial charge in [0.25, 0.3) is 0 Å². The maximum Gasteiger partial charge on any atom is 0 e. The van der Waals surface area contributed by atoms with Crippen molar-refractivity contribution in [3.8, 4) is 0 Å². The Morgan fingerprint density at radius 3 is 0.500 bits per heavy atom. The van der Waals surface area contributed by atoms with Gasteiger partial charge < -0.3 is 3.94 Å². The van der Waals surface area contributed by atoms with Crippen LogP contribution in [0.25, 0.3) is 3.94 Å². The van der Waals surface area contributed by atoms with E-state index in [1.54, 1.807) is 22.9 Å². The molecule has 1 nitrogen and oxygen atoms in total. The van der Waals surface area contributed by atoms with Gasteiger partial charge in [0, 0.05) is 393 Å². The van der Waals surface area contributed by atoms with Crippen molar-refractivity contribution in [2.75, 3.05) is 0 Å². The van der Waals surface area contributed by atoms with Crippen LogP contribution < -0.4 is 0 Å². The van der Waals surface area contributed by atoms with E-state index in [0.717, 1.165) is 0 Å². The van der Waals surface area contributed by atoms with Crippen LogP contribution in [-0.4, -0.2) is 0 Å². The molecule has 14 heavy (non-hydrogen) atoms. The molecule has 12 radical (unpaired) electrons. The molecule has 0 aliphatic heterocycles. The summed E-state index contributed by atoms with van der Waals surface area (Å²) in [6.07, 6.45) is 0. The summed E-state index contributed by atoms with van der Waals surface area (Å²) < 4.78 is 8.54. The number of hydrogen-bond acceptors (Lipinski definition) is 0. The molecule has 14 heteroatoms. The molecule has 0 spiro atoms. The summed E-state index contributed by atoms with van der Waals surface area (Å²) in [7, 11) is 0. The zero-order valence-electron chi connectivity index (χ0n) is 8.75. The van der Waals surface area contributed by atoms with Crippen molar-refractivity contribution in [2.45, 2.75) is 0 Å². The Morgan fingerprint density at radius 1 is 0.500 bits per heavy atom. The summed E-state index contributed by atoms with van der Waals surface area (Å²) in [5, 5.41) is 0. The van der Waals surface area contributed by atoms with E-state index < -0.39 is 0 Å². The van der Waals surface area contributed by atoms with E-state index in [-0.39, 0.29) is 393 Å². The number of rotatable bonds is 0. The first-order valence-corrected chi connectivity index (χ1v) is 1.13. The van der Waals surface area contributed by atoms with E-state index in [1.165, 1.54) is 0 Å². The second-order valence-corrected chi connectivity index (χ2v) is 0. The molecule has 0 aromatic carbocycles. The van der Waals surface area contributed by atoms with Gasteiger partial charge in [-0.15, -0.1) is 1.41 Å². The van der Waals surface area contributed by atoms with Gasteiger partial charge in [-0.1, -0.05) is 0 Å². The molecular weight excluding hydrogens is 1210 g/mol. The average Bonchev–Trinajstić information content (AvgIpc) is 0.918. The normalized spacial score (nSPS) is 1.36. The van der Waals surface area contributed by atoms with Gasteiger partial charge in [0.15, 0.2) is 0 Å². The predicted octanol–water partition coefficient (Wildman–Crippen LogP) is 1.36. The first-order chi connectivity index (χ1) is 1.41. The van der Waals surface area contributed by atoms with E-state index >= 15 is 0 Å². The molecule has 0 heterocycles. The van der Waals surface area contributed by atoms with Crippen molar-refractivity contribution in [1.82, 2.24) is 0 Å². The monoisotopic (exact) mass is 1210 g/mol. The van der Waals surface area contributed by atoms with Crippen molar-refractivity contribution in [3.63, 3.8) is 0 Å². The molecule has 0 unspecified atom stereocenters. The topological polar surface area (TPSA) is 23.8 Å². The molecule has 0 aliphatic carbocycles. The fourth-order valence-corrected chi connectivity index (χ4v) is 0. The number of halogens is 1. The molecule has 0 aromatic heterocycles. The maximum absolute atomic E-state index is 5.82. The van der Waals surface area contributed by atoms with Crippen LogP contribution in [0.4, 0.5) is 0 Å². The van der Waals surface area contributed by atoms with E-state index in [9.17, 15) is 0 Å². The van der Waals surface area contributed by atoms with Gasteiger partial charge >= 0.3 is 0 Å². The van der Waals surface area contributed by atoms with Gasteiger partial charge in [-0.2, -0.15) is 0 Å². The minimum atomic E-state index is 0. The van der Waals surface area contributed by atoms with Gasteiger partial charge in [0.05, 0.1) is 0 Å².